The summed E-state index contributed by atoms with van der Waals surface area (Å²) in [5.74, 6) is 0. The zero-order valence-electron chi connectivity index (χ0n) is 10.2. The van der Waals surface area contributed by atoms with E-state index in [-0.39, 0.29) is 0 Å². The van der Waals surface area contributed by atoms with Gasteiger partial charge in [-0.1, -0.05) is 35.4 Å². The first-order valence-corrected chi connectivity index (χ1v) is 5.63. The topological polar surface area (TPSA) is 3.24 Å². The van der Waals surface area contributed by atoms with Crippen molar-refractivity contribution in [1.82, 2.24) is 4.90 Å². The van der Waals surface area contributed by atoms with Crippen LogP contribution in [0.15, 0.2) is 42.5 Å². The maximum absolute atomic E-state index is 2.24. The van der Waals surface area contributed by atoms with Gasteiger partial charge < -0.3 is 4.90 Å². The number of hydrogen-bond donors (Lipinski definition) is 0. The molecule has 0 fully saturated rings. The summed E-state index contributed by atoms with van der Waals surface area (Å²) in [5, 5.41) is 0. The van der Waals surface area contributed by atoms with Crippen LogP contribution in [0.4, 0.5) is 0 Å². The Hall–Kier alpha value is -1.47. The maximum atomic E-state index is 2.24. The molecule has 0 bridgehead atoms. The minimum absolute atomic E-state index is 0.996. The summed E-state index contributed by atoms with van der Waals surface area (Å²) < 4.78 is 0. The van der Waals surface area contributed by atoms with Gasteiger partial charge in [-0.3, -0.25) is 0 Å². The van der Waals surface area contributed by atoms with Crippen molar-refractivity contribution in [3.8, 4) is 11.1 Å². The highest BCUT2D eigenvalue weighted by Crippen LogP contribution is 2.26. The first-order valence-electron chi connectivity index (χ1n) is 5.63. The predicted octanol–water partition coefficient (Wildman–Crippen LogP) is 3.44. The molecule has 0 heterocycles. The second-order valence-electron chi connectivity index (χ2n) is 4.57. The lowest BCUT2D eigenvalue weighted by Crippen LogP contribution is -2.10. The SMILES string of the molecule is Cc1cccc(-c2ccc[c-]2CN(C)C)c1. The molecule has 2 aromatic rings. The third-order valence-corrected chi connectivity index (χ3v) is 2.72. The molecule has 0 unspecified atom stereocenters. The molecule has 0 atom stereocenters. The maximum Gasteiger partial charge on any atom is -0.0114 e. The molecule has 0 spiro atoms. The van der Waals surface area contributed by atoms with Crippen LogP contribution in [0.3, 0.4) is 0 Å². The molecule has 84 valence electrons. The molecule has 1 nitrogen and oxygen atoms in total. The largest absolute Gasteiger partial charge is 0.314 e. The van der Waals surface area contributed by atoms with Crippen LogP contribution in [0, 0.1) is 6.92 Å². The highest BCUT2D eigenvalue weighted by atomic mass is 15.0. The van der Waals surface area contributed by atoms with Crippen LogP contribution in [0.2, 0.25) is 0 Å². The van der Waals surface area contributed by atoms with E-state index < -0.39 is 0 Å². The fraction of sp³-hybridized carbons (Fsp3) is 0.267. The second-order valence-corrected chi connectivity index (χ2v) is 4.57. The summed E-state index contributed by atoms with van der Waals surface area (Å²) >= 11 is 0. The Kier molecular flexibility index (Phi) is 3.16. The van der Waals surface area contributed by atoms with Gasteiger partial charge in [0, 0.05) is 0 Å². The van der Waals surface area contributed by atoms with Crippen LogP contribution in [0.1, 0.15) is 11.1 Å². The number of rotatable bonds is 3. The molecule has 2 rings (SSSR count). The van der Waals surface area contributed by atoms with Crippen molar-refractivity contribution in [2.75, 3.05) is 14.1 Å². The lowest BCUT2D eigenvalue weighted by atomic mass is 10.0. The van der Waals surface area contributed by atoms with E-state index in [1.54, 1.807) is 0 Å². The van der Waals surface area contributed by atoms with Crippen molar-refractivity contribution in [2.45, 2.75) is 13.5 Å². The minimum atomic E-state index is 0.996. The molecule has 0 aliphatic carbocycles. The van der Waals surface area contributed by atoms with Gasteiger partial charge in [-0.2, -0.15) is 12.1 Å². The van der Waals surface area contributed by atoms with Gasteiger partial charge in [-0.25, -0.2) is 0 Å². The minimum Gasteiger partial charge on any atom is -0.314 e. The molecule has 16 heavy (non-hydrogen) atoms. The molecule has 2 aromatic carbocycles. The Morgan fingerprint density at radius 3 is 2.62 bits per heavy atom. The third kappa shape index (κ3) is 2.37. The molecule has 0 aliphatic heterocycles. The van der Waals surface area contributed by atoms with Crippen LogP contribution in [0.5, 0.6) is 0 Å². The van der Waals surface area contributed by atoms with Gasteiger partial charge in [0.2, 0.25) is 0 Å². The molecule has 0 aromatic heterocycles. The zero-order valence-corrected chi connectivity index (χ0v) is 10.2. The fourth-order valence-electron chi connectivity index (χ4n) is 2.03. The first kappa shape index (κ1) is 11.0. The third-order valence-electron chi connectivity index (χ3n) is 2.72. The van der Waals surface area contributed by atoms with Gasteiger partial charge in [0.25, 0.3) is 0 Å². The van der Waals surface area contributed by atoms with E-state index in [0.29, 0.717) is 0 Å². The van der Waals surface area contributed by atoms with Gasteiger partial charge in [-0.05, 0) is 27.6 Å². The lowest BCUT2D eigenvalue weighted by molar-refractivity contribution is 0.403. The van der Waals surface area contributed by atoms with Crippen molar-refractivity contribution < 1.29 is 0 Å². The number of aryl methyl sites for hydroxylation is 1. The van der Waals surface area contributed by atoms with Crippen molar-refractivity contribution in [2.24, 2.45) is 0 Å². The van der Waals surface area contributed by atoms with Gasteiger partial charge in [0.05, 0.1) is 0 Å². The second kappa shape index (κ2) is 4.58. The molecule has 0 saturated carbocycles. The summed E-state index contributed by atoms with van der Waals surface area (Å²) in [6, 6.07) is 15.2. The van der Waals surface area contributed by atoms with Crippen LogP contribution in [0.25, 0.3) is 11.1 Å². The van der Waals surface area contributed by atoms with Crippen LogP contribution in [-0.2, 0) is 6.54 Å². The molecule has 0 aliphatic rings. The summed E-state index contributed by atoms with van der Waals surface area (Å²) in [5.41, 5.74) is 5.39. The van der Waals surface area contributed by atoms with Crippen LogP contribution in [-0.4, -0.2) is 19.0 Å². The monoisotopic (exact) mass is 212 g/mol. The summed E-state index contributed by atoms with van der Waals surface area (Å²) in [7, 11) is 4.21. The lowest BCUT2D eigenvalue weighted by Gasteiger charge is -2.17. The zero-order chi connectivity index (χ0) is 11.5. The van der Waals surface area contributed by atoms with Gasteiger partial charge >= 0.3 is 0 Å². The Balaban J connectivity index is 2.37. The smallest absolute Gasteiger partial charge is 0.0114 e. The van der Waals surface area contributed by atoms with E-state index in [9.17, 15) is 0 Å². The quantitative estimate of drug-likeness (QED) is 0.704. The Morgan fingerprint density at radius 1 is 1.12 bits per heavy atom. The molecular formula is C15H18N-. The summed E-state index contributed by atoms with van der Waals surface area (Å²) in [6.07, 6.45) is 0. The molecule has 0 saturated heterocycles. The van der Waals surface area contributed by atoms with E-state index in [2.05, 4.69) is 68.4 Å². The van der Waals surface area contributed by atoms with Gasteiger partial charge in [-0.15, -0.1) is 17.2 Å². The van der Waals surface area contributed by atoms with Crippen molar-refractivity contribution in [3.63, 3.8) is 0 Å². The van der Waals surface area contributed by atoms with E-state index in [1.807, 2.05) is 0 Å². The average molecular weight is 212 g/mol. The van der Waals surface area contributed by atoms with E-state index in [0.717, 1.165) is 6.54 Å². The van der Waals surface area contributed by atoms with Crippen LogP contribution >= 0.6 is 0 Å². The first-order chi connectivity index (χ1) is 7.66. The molecular weight excluding hydrogens is 194 g/mol. The summed E-state index contributed by atoms with van der Waals surface area (Å²) in [6.45, 7) is 3.13. The van der Waals surface area contributed by atoms with E-state index >= 15 is 0 Å². The number of hydrogen-bond acceptors (Lipinski definition) is 1. The van der Waals surface area contributed by atoms with Crippen molar-refractivity contribution in [1.29, 1.82) is 0 Å². The fourth-order valence-corrected chi connectivity index (χ4v) is 2.03. The molecule has 1 heteroatoms. The normalized spacial score (nSPS) is 11.0. The molecule has 0 radical (unpaired) electrons. The van der Waals surface area contributed by atoms with Crippen molar-refractivity contribution >= 4 is 0 Å². The van der Waals surface area contributed by atoms with Gasteiger partial charge in [0.1, 0.15) is 0 Å². The van der Waals surface area contributed by atoms with Gasteiger partial charge in [0.15, 0.2) is 0 Å². The molecule has 0 amide bonds. The van der Waals surface area contributed by atoms with Crippen molar-refractivity contribution in [3.05, 3.63) is 53.6 Å². The number of nitrogens with zero attached hydrogens (tertiary/aromatic N) is 1. The Bertz CT molecular complexity index is 466. The highest BCUT2D eigenvalue weighted by molar-refractivity contribution is 5.68. The standard InChI is InChI=1S/C15H18N/c1-12-6-4-7-13(10-12)15-9-5-8-14(15)11-16(2)3/h4-10H,11H2,1-3H3/q-1. The number of benzene rings is 1. The van der Waals surface area contributed by atoms with E-state index in [1.165, 1.54) is 22.3 Å². The van der Waals surface area contributed by atoms with E-state index in [4.69, 9.17) is 0 Å². The Labute approximate surface area is 97.7 Å². The molecule has 0 N–H and O–H groups in total. The average Bonchev–Trinajstić information content (AvgIpc) is 2.65. The van der Waals surface area contributed by atoms with Crippen LogP contribution < -0.4 is 0 Å². The highest BCUT2D eigenvalue weighted by Gasteiger charge is 1.98. The summed E-state index contributed by atoms with van der Waals surface area (Å²) in [4.78, 5) is 2.20. The predicted molar refractivity (Wildman–Crippen MR) is 69.6 cm³/mol. The Morgan fingerprint density at radius 2 is 1.94 bits per heavy atom.